The fraction of sp³-hybridized carbons (Fsp3) is 0.833. The molecule has 0 fully saturated rings. The van der Waals surface area contributed by atoms with E-state index in [0.717, 1.165) is 10.4 Å². The Kier molecular flexibility index (Phi) is 4.88. The van der Waals surface area contributed by atoms with Crippen molar-refractivity contribution in [3.05, 3.63) is 0 Å². The normalized spacial score (nSPS) is 10.1. The average molecular weight is 192 g/mol. The maximum atomic E-state index is 10.2. The first kappa shape index (κ1) is 9.03. The van der Waals surface area contributed by atoms with Gasteiger partial charge in [0.15, 0.2) is 0 Å². The molecule has 0 aromatic rings. The van der Waals surface area contributed by atoms with E-state index in [9.17, 15) is 4.79 Å². The minimum absolute atomic E-state index is 0.472. The van der Waals surface area contributed by atoms with Crippen molar-refractivity contribution in [2.75, 3.05) is 0 Å². The average Bonchev–Trinajstić information content (AvgIpc) is 1.82. The summed E-state index contributed by atoms with van der Waals surface area (Å²) in [6.45, 7) is 4.18. The van der Waals surface area contributed by atoms with E-state index in [1.165, 1.54) is 0 Å². The maximum absolute atomic E-state index is 10.2. The summed E-state index contributed by atoms with van der Waals surface area (Å²) >= 11 is -0.911. The van der Waals surface area contributed by atoms with Gasteiger partial charge in [0.05, 0.1) is 0 Å². The van der Waals surface area contributed by atoms with E-state index in [-0.39, 0.29) is 0 Å². The first-order valence-corrected chi connectivity index (χ1v) is 7.13. The third-order valence-corrected chi connectivity index (χ3v) is 6.51. The van der Waals surface area contributed by atoms with Crippen LogP contribution in [0.1, 0.15) is 13.8 Å². The van der Waals surface area contributed by atoms with E-state index in [2.05, 4.69) is 13.8 Å². The predicted octanol–water partition coefficient (Wildman–Crippen LogP) is 1.61. The molecule has 0 saturated heterocycles. The third kappa shape index (κ3) is 4.53. The summed E-state index contributed by atoms with van der Waals surface area (Å²) in [5.74, 6) is -0.612. The first-order chi connectivity index (χ1) is 4.20. The molecule has 0 aromatic carbocycles. The second-order valence-electron chi connectivity index (χ2n) is 1.86. The Bertz CT molecular complexity index is 89.1. The Morgan fingerprint density at radius 2 is 1.89 bits per heavy atom. The number of carbonyl (C=O) groups is 1. The third-order valence-electron chi connectivity index (χ3n) is 1.25. The van der Waals surface area contributed by atoms with Crippen molar-refractivity contribution in [1.29, 1.82) is 0 Å². The molecule has 0 amide bonds. The van der Waals surface area contributed by atoms with Crippen molar-refractivity contribution in [2.45, 2.75) is 29.5 Å². The number of aliphatic carboxylic acids is 1. The molecule has 9 heavy (non-hydrogen) atoms. The van der Waals surface area contributed by atoms with E-state index in [4.69, 9.17) is 5.11 Å². The Hall–Kier alpha value is 0.0284. The van der Waals surface area contributed by atoms with Gasteiger partial charge in [0.25, 0.3) is 0 Å². The van der Waals surface area contributed by atoms with Crippen LogP contribution in [-0.4, -0.2) is 25.7 Å². The second kappa shape index (κ2) is 4.87. The molecule has 1 N–H and O–H groups in total. The molecule has 0 saturated carbocycles. The molecule has 0 aliphatic rings. The molecule has 0 aliphatic heterocycles. The van der Waals surface area contributed by atoms with Crippen LogP contribution in [0.3, 0.4) is 0 Å². The molecular weight excluding hydrogens is 179 g/mol. The van der Waals surface area contributed by atoms with Crippen LogP contribution in [-0.2, 0) is 4.79 Å². The van der Waals surface area contributed by atoms with Gasteiger partial charge in [0.2, 0.25) is 0 Å². The molecule has 0 aromatic heterocycles. The molecule has 0 aliphatic carbocycles. The molecular formula is C6H13AsO2. The summed E-state index contributed by atoms with van der Waals surface area (Å²) in [6.07, 6.45) is 0. The molecule has 2 nitrogen and oxygen atoms in total. The zero-order valence-corrected chi connectivity index (χ0v) is 7.80. The first-order valence-electron chi connectivity index (χ1n) is 3.14. The van der Waals surface area contributed by atoms with Crippen molar-refractivity contribution in [2.24, 2.45) is 0 Å². The number of hydrogen-bond donors (Lipinski definition) is 1. The van der Waals surface area contributed by atoms with Gasteiger partial charge in [0.1, 0.15) is 0 Å². The molecule has 0 bridgehead atoms. The number of hydrogen-bond acceptors (Lipinski definition) is 1. The van der Waals surface area contributed by atoms with Crippen molar-refractivity contribution in [3.63, 3.8) is 0 Å². The molecule has 0 spiro atoms. The fourth-order valence-corrected chi connectivity index (χ4v) is 3.32. The predicted molar refractivity (Wildman–Crippen MR) is 39.2 cm³/mol. The van der Waals surface area contributed by atoms with Gasteiger partial charge in [0, 0.05) is 0 Å². The van der Waals surface area contributed by atoms with Crippen molar-refractivity contribution >= 4 is 20.6 Å². The van der Waals surface area contributed by atoms with Crippen molar-refractivity contribution < 1.29 is 9.90 Å². The zero-order chi connectivity index (χ0) is 7.28. The second-order valence-corrected chi connectivity index (χ2v) is 7.99. The van der Waals surface area contributed by atoms with Gasteiger partial charge in [-0.25, -0.2) is 0 Å². The van der Waals surface area contributed by atoms with E-state index in [0.29, 0.717) is 5.21 Å². The minimum atomic E-state index is -0.911. The van der Waals surface area contributed by atoms with Crippen LogP contribution in [0.4, 0.5) is 0 Å². The topological polar surface area (TPSA) is 37.3 Å². The van der Waals surface area contributed by atoms with Crippen LogP contribution in [0.15, 0.2) is 0 Å². The monoisotopic (exact) mass is 192 g/mol. The molecule has 0 radical (unpaired) electrons. The SMILES string of the molecule is CC[As](CC)CC(=O)O. The Morgan fingerprint density at radius 1 is 1.44 bits per heavy atom. The van der Waals surface area contributed by atoms with Gasteiger partial charge in [-0.1, -0.05) is 0 Å². The van der Waals surface area contributed by atoms with Gasteiger partial charge in [-0.05, 0) is 0 Å². The van der Waals surface area contributed by atoms with Crippen LogP contribution in [0.5, 0.6) is 0 Å². The summed E-state index contributed by atoms with van der Waals surface area (Å²) in [5, 5.41) is 11.1. The van der Waals surface area contributed by atoms with Crippen LogP contribution < -0.4 is 0 Å². The summed E-state index contributed by atoms with van der Waals surface area (Å²) in [6, 6.07) is 0. The van der Waals surface area contributed by atoms with Crippen LogP contribution >= 0.6 is 0 Å². The summed E-state index contributed by atoms with van der Waals surface area (Å²) in [7, 11) is 0. The molecule has 0 rings (SSSR count). The van der Waals surface area contributed by atoms with Crippen LogP contribution in [0.2, 0.25) is 15.6 Å². The molecule has 3 heteroatoms. The van der Waals surface area contributed by atoms with Gasteiger partial charge in [-0.2, -0.15) is 0 Å². The van der Waals surface area contributed by atoms with Crippen molar-refractivity contribution in [1.82, 2.24) is 0 Å². The van der Waals surface area contributed by atoms with E-state index in [1.54, 1.807) is 0 Å². The van der Waals surface area contributed by atoms with E-state index in [1.807, 2.05) is 0 Å². The summed E-state index contributed by atoms with van der Waals surface area (Å²) < 4.78 is 0. The van der Waals surface area contributed by atoms with E-state index >= 15 is 0 Å². The molecule has 0 atom stereocenters. The quantitative estimate of drug-likeness (QED) is 0.687. The molecule has 54 valence electrons. The Morgan fingerprint density at radius 3 is 2.00 bits per heavy atom. The van der Waals surface area contributed by atoms with Gasteiger partial charge in [-0.15, -0.1) is 0 Å². The van der Waals surface area contributed by atoms with E-state index < -0.39 is 20.6 Å². The standard InChI is InChI=1S/C6H13AsO2/c1-3-7(4-2)5-6(8)9/h3-5H2,1-2H3,(H,8,9). The Balaban J connectivity index is 3.43. The van der Waals surface area contributed by atoms with Gasteiger partial charge in [-0.3, -0.25) is 0 Å². The number of rotatable bonds is 4. The summed E-state index contributed by atoms with van der Waals surface area (Å²) in [5.41, 5.74) is 0. The van der Waals surface area contributed by atoms with Gasteiger partial charge >= 0.3 is 60.0 Å². The van der Waals surface area contributed by atoms with Crippen LogP contribution in [0, 0.1) is 0 Å². The van der Waals surface area contributed by atoms with Crippen molar-refractivity contribution in [3.8, 4) is 0 Å². The summed E-state index contributed by atoms with van der Waals surface area (Å²) in [4.78, 5) is 10.2. The van der Waals surface area contributed by atoms with Crippen LogP contribution in [0.25, 0.3) is 0 Å². The number of carboxylic acids is 1. The zero-order valence-electron chi connectivity index (χ0n) is 5.92. The number of carboxylic acid groups (broad SMARTS) is 1. The fourth-order valence-electron chi connectivity index (χ4n) is 0.639. The molecule has 0 heterocycles. The Labute approximate surface area is 60.5 Å². The van der Waals surface area contributed by atoms with Gasteiger partial charge < -0.3 is 0 Å². The molecule has 0 unspecified atom stereocenters.